The Morgan fingerprint density at radius 1 is 1.55 bits per heavy atom. The van der Waals surface area contributed by atoms with Crippen LogP contribution in [0.4, 0.5) is 0 Å². The molecule has 0 saturated heterocycles. The highest BCUT2D eigenvalue weighted by molar-refractivity contribution is 6.25. The minimum atomic E-state index is -1.27. The number of ketones is 1. The maximum atomic E-state index is 12.1. The minimum Gasteiger partial charge on any atom is -0.480 e. The predicted octanol–water partition coefficient (Wildman–Crippen LogP) is -0.0785. The molecule has 0 aliphatic rings. The van der Waals surface area contributed by atoms with E-state index in [1.54, 1.807) is 18.5 Å². The number of carbonyl (C=O) groups excluding carboxylic acids is 2. The van der Waals surface area contributed by atoms with Gasteiger partial charge in [0, 0.05) is 31.5 Å². The van der Waals surface area contributed by atoms with Crippen LogP contribution in [0.5, 0.6) is 0 Å². The molecule has 1 aromatic heterocycles. The molecule has 0 spiro atoms. The summed E-state index contributed by atoms with van der Waals surface area (Å²) in [5, 5.41) is 11.4. The zero-order chi connectivity index (χ0) is 16.5. The summed E-state index contributed by atoms with van der Waals surface area (Å²) in [6.45, 7) is 0. The highest BCUT2D eigenvalue weighted by atomic mass is 16.5. The number of ether oxygens (including phenoxy) is 1. The third-order valence-electron chi connectivity index (χ3n) is 2.89. The monoisotopic (exact) mass is 308 g/mol. The molecule has 0 radical (unpaired) electrons. The first-order chi connectivity index (χ1) is 10.5. The number of aromatic nitrogens is 1. The number of methoxy groups -OCH3 is 1. The molecule has 9 nitrogen and oxygen atoms in total. The number of carbonyl (C=O) groups is 3. The summed E-state index contributed by atoms with van der Waals surface area (Å²) in [6.07, 6.45) is 2.58. The van der Waals surface area contributed by atoms with Crippen LogP contribution in [0.2, 0.25) is 0 Å². The van der Waals surface area contributed by atoms with Gasteiger partial charge in [-0.25, -0.2) is 4.79 Å². The molecule has 0 bridgehead atoms. The highest BCUT2D eigenvalue weighted by Crippen LogP contribution is 2.16. The number of carboxylic acid groups (broad SMARTS) is 1. The van der Waals surface area contributed by atoms with Gasteiger partial charge in [0.1, 0.15) is 6.04 Å². The van der Waals surface area contributed by atoms with Crippen LogP contribution < -0.4 is 5.32 Å². The van der Waals surface area contributed by atoms with Crippen LogP contribution >= 0.6 is 0 Å². The third kappa shape index (κ3) is 4.97. The Balaban J connectivity index is 2.69. The molecule has 22 heavy (non-hydrogen) atoms. The van der Waals surface area contributed by atoms with Gasteiger partial charge < -0.3 is 25.7 Å². The molecule has 1 amide bonds. The first-order valence-electron chi connectivity index (χ1n) is 6.38. The fourth-order valence-electron chi connectivity index (χ4n) is 1.81. The average Bonchev–Trinajstić information content (AvgIpc) is 2.98. The summed E-state index contributed by atoms with van der Waals surface area (Å²) in [5.41, 5.74) is 8.76. The number of carboxylic acids is 1. The van der Waals surface area contributed by atoms with Crippen LogP contribution in [0, 0.1) is 0 Å². The molecule has 0 aliphatic heterocycles. The third-order valence-corrected chi connectivity index (χ3v) is 2.89. The van der Waals surface area contributed by atoms with Crippen LogP contribution in [-0.4, -0.2) is 51.9 Å². The van der Waals surface area contributed by atoms with Crippen molar-refractivity contribution < 1.29 is 29.0 Å². The number of amides is 1. The molecule has 2 atom stereocenters. The smallest absolute Gasteiger partial charge is 0.326 e. The second-order valence-electron chi connectivity index (χ2n) is 4.41. The van der Waals surface area contributed by atoms with Crippen LogP contribution in [0.3, 0.4) is 0 Å². The van der Waals surface area contributed by atoms with E-state index in [-0.39, 0.29) is 12.8 Å². The number of hydrogen-bond donors (Lipinski definition) is 3. The maximum Gasteiger partial charge on any atom is 0.326 e. The van der Waals surface area contributed by atoms with Gasteiger partial charge in [0.15, 0.2) is 6.10 Å². The summed E-state index contributed by atoms with van der Waals surface area (Å²) in [5.74, 6) is -2.44. The topological polar surface area (TPSA) is 145 Å². The highest BCUT2D eigenvalue weighted by Gasteiger charge is 2.27. The molecule has 1 rings (SSSR count). The lowest BCUT2D eigenvalue weighted by Gasteiger charge is -2.18. The first kappa shape index (κ1) is 17.3. The summed E-state index contributed by atoms with van der Waals surface area (Å²) in [7, 11) is 1.33. The standard InChI is InChI=1S/C13H16N4O5/c1-22-11(8-4-5-15-6-8)12(19)17-10(13(20)21)3-2-9(18)7-16-14/h4-7,10-11,15H,2-3H2,1H3,(H,17,19)(H,20,21)/t10-,11+/m0/s1. The second kappa shape index (κ2) is 8.50. The van der Waals surface area contributed by atoms with Gasteiger partial charge in [-0.3, -0.25) is 9.59 Å². The van der Waals surface area contributed by atoms with Crippen molar-refractivity contribution >= 4 is 23.9 Å². The average molecular weight is 308 g/mol. The lowest BCUT2D eigenvalue weighted by Crippen LogP contribution is -2.43. The quantitative estimate of drug-likeness (QED) is 0.332. The number of aliphatic carboxylic acids is 1. The Hall–Kier alpha value is -2.77. The van der Waals surface area contributed by atoms with Gasteiger partial charge in [-0.05, 0) is 12.5 Å². The zero-order valence-electron chi connectivity index (χ0n) is 11.9. The van der Waals surface area contributed by atoms with Crippen molar-refractivity contribution in [2.24, 2.45) is 0 Å². The van der Waals surface area contributed by atoms with Crippen molar-refractivity contribution in [2.45, 2.75) is 25.0 Å². The zero-order valence-corrected chi connectivity index (χ0v) is 11.9. The van der Waals surface area contributed by atoms with E-state index in [4.69, 9.17) is 15.4 Å². The van der Waals surface area contributed by atoms with Crippen molar-refractivity contribution in [3.05, 3.63) is 29.6 Å². The van der Waals surface area contributed by atoms with Crippen molar-refractivity contribution in [1.82, 2.24) is 10.3 Å². The van der Waals surface area contributed by atoms with Gasteiger partial charge in [-0.15, -0.1) is 0 Å². The molecule has 1 heterocycles. The molecular weight excluding hydrogens is 292 g/mol. The lowest BCUT2D eigenvalue weighted by molar-refractivity contribution is -0.144. The van der Waals surface area contributed by atoms with E-state index < -0.39 is 29.8 Å². The molecule has 0 aliphatic carbocycles. The lowest BCUT2D eigenvalue weighted by atomic mass is 10.1. The Bertz CT molecular complexity index is 577. The fraction of sp³-hybridized carbons (Fsp3) is 0.385. The molecule has 0 saturated carbocycles. The Morgan fingerprint density at radius 2 is 2.27 bits per heavy atom. The van der Waals surface area contributed by atoms with Gasteiger partial charge in [0.2, 0.25) is 5.78 Å². The van der Waals surface area contributed by atoms with Crippen LogP contribution in [-0.2, 0) is 19.1 Å². The van der Waals surface area contributed by atoms with Gasteiger partial charge in [-0.1, -0.05) is 0 Å². The minimum absolute atomic E-state index is 0.129. The number of nitrogens with one attached hydrogen (secondary N) is 2. The molecule has 0 aromatic carbocycles. The predicted molar refractivity (Wildman–Crippen MR) is 74.0 cm³/mol. The van der Waals surface area contributed by atoms with Gasteiger partial charge in [0.25, 0.3) is 5.91 Å². The molecule has 118 valence electrons. The summed E-state index contributed by atoms with van der Waals surface area (Å²) in [6, 6.07) is 0.380. The maximum absolute atomic E-state index is 12.1. The Labute approximate surface area is 125 Å². The number of Topliss-reactive ketones (excluding diaryl/α,β-unsaturated/α-hetero) is 1. The van der Waals surface area contributed by atoms with E-state index in [9.17, 15) is 14.4 Å². The van der Waals surface area contributed by atoms with Crippen molar-refractivity contribution in [1.29, 1.82) is 0 Å². The molecule has 0 fully saturated rings. The number of H-pyrrole nitrogens is 1. The number of aromatic amines is 1. The second-order valence-corrected chi connectivity index (χ2v) is 4.41. The molecule has 0 unspecified atom stereocenters. The summed E-state index contributed by atoms with van der Waals surface area (Å²) in [4.78, 5) is 39.8. The largest absolute Gasteiger partial charge is 0.480 e. The molecule has 3 N–H and O–H groups in total. The SMILES string of the molecule is CO[C@@H](C(=O)N[C@@H](CCC(=O)C=[N+]=[N-])C(=O)O)c1cc[nH]c1. The number of hydrogen-bond acceptors (Lipinski definition) is 4. The summed E-state index contributed by atoms with van der Waals surface area (Å²) < 4.78 is 5.06. The Kier molecular flexibility index (Phi) is 6.68. The molecule has 1 aromatic rings. The van der Waals surface area contributed by atoms with Crippen molar-refractivity contribution in [2.75, 3.05) is 7.11 Å². The van der Waals surface area contributed by atoms with Crippen LogP contribution in [0.1, 0.15) is 24.5 Å². The number of nitrogens with zero attached hydrogens (tertiary/aromatic N) is 2. The molecule has 9 heteroatoms. The van der Waals surface area contributed by atoms with Gasteiger partial charge >= 0.3 is 12.2 Å². The van der Waals surface area contributed by atoms with E-state index in [2.05, 4.69) is 15.1 Å². The van der Waals surface area contributed by atoms with E-state index >= 15 is 0 Å². The fourth-order valence-corrected chi connectivity index (χ4v) is 1.81. The van der Waals surface area contributed by atoms with Gasteiger partial charge in [-0.2, -0.15) is 4.79 Å². The van der Waals surface area contributed by atoms with E-state index in [0.717, 1.165) is 0 Å². The summed E-state index contributed by atoms with van der Waals surface area (Å²) >= 11 is 0. The molecular formula is C13H16N4O5. The van der Waals surface area contributed by atoms with Crippen molar-refractivity contribution in [3.8, 4) is 0 Å². The van der Waals surface area contributed by atoms with Crippen LogP contribution in [0.25, 0.3) is 5.53 Å². The van der Waals surface area contributed by atoms with E-state index in [1.165, 1.54) is 7.11 Å². The van der Waals surface area contributed by atoms with Crippen LogP contribution in [0.15, 0.2) is 18.5 Å². The normalized spacial score (nSPS) is 12.8. The van der Waals surface area contributed by atoms with E-state index in [1.807, 2.05) is 0 Å². The van der Waals surface area contributed by atoms with Gasteiger partial charge in [0.05, 0.1) is 0 Å². The Morgan fingerprint density at radius 3 is 2.77 bits per heavy atom. The number of rotatable bonds is 9. The van der Waals surface area contributed by atoms with Crippen molar-refractivity contribution in [3.63, 3.8) is 0 Å². The van der Waals surface area contributed by atoms with E-state index in [0.29, 0.717) is 11.8 Å². The first-order valence-corrected chi connectivity index (χ1v) is 6.38.